The van der Waals surface area contributed by atoms with Gasteiger partial charge in [-0.3, -0.25) is 4.21 Å². The van der Waals surface area contributed by atoms with Gasteiger partial charge in [-0.25, -0.2) is 0 Å². The van der Waals surface area contributed by atoms with E-state index >= 15 is 0 Å². The topological polar surface area (TPSA) is 29.1 Å². The zero-order chi connectivity index (χ0) is 10.4. The molecule has 0 aromatic heterocycles. The lowest BCUT2D eigenvalue weighted by molar-refractivity contribution is 0.476. The van der Waals surface area contributed by atoms with Gasteiger partial charge in [0.2, 0.25) is 0 Å². The molecule has 2 atom stereocenters. The van der Waals surface area contributed by atoms with E-state index in [0.717, 1.165) is 13.0 Å². The van der Waals surface area contributed by atoms with E-state index in [4.69, 9.17) is 0 Å². The van der Waals surface area contributed by atoms with Gasteiger partial charge in [-0.2, -0.15) is 11.8 Å². The molecule has 1 rings (SSSR count). The number of hydrogen-bond donors (Lipinski definition) is 1. The third-order valence-corrected chi connectivity index (χ3v) is 5.19. The van der Waals surface area contributed by atoms with Crippen molar-refractivity contribution in [3.05, 3.63) is 0 Å². The van der Waals surface area contributed by atoms with Gasteiger partial charge in [0, 0.05) is 28.3 Å². The van der Waals surface area contributed by atoms with E-state index in [1.807, 2.05) is 0 Å². The summed E-state index contributed by atoms with van der Waals surface area (Å²) in [6, 6.07) is 0.716. The van der Waals surface area contributed by atoms with Crippen LogP contribution in [0.3, 0.4) is 0 Å². The van der Waals surface area contributed by atoms with E-state index < -0.39 is 10.8 Å². The predicted octanol–water partition coefficient (Wildman–Crippen LogP) is 1.63. The van der Waals surface area contributed by atoms with Crippen molar-refractivity contribution in [2.45, 2.75) is 37.5 Å². The summed E-state index contributed by atoms with van der Waals surface area (Å²) in [5, 5.41) is 3.89. The first-order chi connectivity index (χ1) is 6.70. The molecule has 84 valence electrons. The highest BCUT2D eigenvalue weighted by molar-refractivity contribution is 7.99. The molecule has 2 unspecified atom stereocenters. The van der Waals surface area contributed by atoms with Crippen molar-refractivity contribution in [2.75, 3.05) is 24.3 Å². The normalized spacial score (nSPS) is 23.3. The SMILES string of the molecule is CC(CCNC1CCSCC1)S(C)=O. The van der Waals surface area contributed by atoms with Gasteiger partial charge >= 0.3 is 0 Å². The highest BCUT2D eigenvalue weighted by Gasteiger charge is 2.13. The molecule has 0 aromatic carbocycles. The quantitative estimate of drug-likeness (QED) is 0.785. The van der Waals surface area contributed by atoms with E-state index in [-0.39, 0.29) is 0 Å². The van der Waals surface area contributed by atoms with Crippen LogP contribution in [0.15, 0.2) is 0 Å². The Labute approximate surface area is 94.1 Å². The van der Waals surface area contributed by atoms with Gasteiger partial charge in [0.15, 0.2) is 0 Å². The van der Waals surface area contributed by atoms with Gasteiger partial charge in [-0.1, -0.05) is 6.92 Å². The molecule has 1 aliphatic heterocycles. The van der Waals surface area contributed by atoms with E-state index in [9.17, 15) is 4.21 Å². The van der Waals surface area contributed by atoms with Gasteiger partial charge in [-0.05, 0) is 37.3 Å². The fourth-order valence-electron chi connectivity index (χ4n) is 1.56. The zero-order valence-electron chi connectivity index (χ0n) is 9.12. The molecule has 4 heteroatoms. The van der Waals surface area contributed by atoms with Crippen LogP contribution in [0.5, 0.6) is 0 Å². The molecule has 0 bridgehead atoms. The standard InChI is InChI=1S/C10H21NOS2/c1-9(14(2)12)3-6-11-10-4-7-13-8-5-10/h9-11H,3-8H2,1-2H3. The van der Waals surface area contributed by atoms with E-state index in [2.05, 4.69) is 24.0 Å². The minimum Gasteiger partial charge on any atom is -0.314 e. The second kappa shape index (κ2) is 6.85. The number of rotatable bonds is 5. The smallest absolute Gasteiger partial charge is 0.0329 e. The molecular formula is C10H21NOS2. The van der Waals surface area contributed by atoms with Gasteiger partial charge in [-0.15, -0.1) is 0 Å². The van der Waals surface area contributed by atoms with E-state index in [1.165, 1.54) is 24.3 Å². The van der Waals surface area contributed by atoms with Crippen LogP contribution in [0.2, 0.25) is 0 Å². The van der Waals surface area contributed by atoms with Crippen molar-refractivity contribution in [2.24, 2.45) is 0 Å². The van der Waals surface area contributed by atoms with Crippen LogP contribution in [-0.4, -0.2) is 39.8 Å². The van der Waals surface area contributed by atoms with Gasteiger partial charge in [0.25, 0.3) is 0 Å². The molecule has 1 heterocycles. The van der Waals surface area contributed by atoms with Crippen molar-refractivity contribution < 1.29 is 4.21 Å². The summed E-state index contributed by atoms with van der Waals surface area (Å²) in [5.41, 5.74) is 0. The third-order valence-electron chi connectivity index (χ3n) is 2.77. The molecule has 14 heavy (non-hydrogen) atoms. The zero-order valence-corrected chi connectivity index (χ0v) is 10.8. The Balaban J connectivity index is 2.05. The summed E-state index contributed by atoms with van der Waals surface area (Å²) >= 11 is 2.05. The minimum absolute atomic E-state index is 0.334. The molecule has 1 fully saturated rings. The van der Waals surface area contributed by atoms with Crippen LogP contribution >= 0.6 is 11.8 Å². The molecule has 0 radical (unpaired) electrons. The molecule has 2 nitrogen and oxygen atoms in total. The molecule has 0 aromatic rings. The Morgan fingerprint density at radius 1 is 1.50 bits per heavy atom. The lowest BCUT2D eigenvalue weighted by Gasteiger charge is -2.23. The second-order valence-corrected chi connectivity index (χ2v) is 6.97. The highest BCUT2D eigenvalue weighted by atomic mass is 32.2. The van der Waals surface area contributed by atoms with Crippen LogP contribution in [0.25, 0.3) is 0 Å². The molecule has 0 spiro atoms. The first kappa shape index (κ1) is 12.5. The maximum Gasteiger partial charge on any atom is 0.0329 e. The van der Waals surface area contributed by atoms with Crippen molar-refractivity contribution in [3.8, 4) is 0 Å². The second-order valence-electron chi connectivity index (χ2n) is 3.94. The predicted molar refractivity (Wildman–Crippen MR) is 66.5 cm³/mol. The van der Waals surface area contributed by atoms with Crippen LogP contribution < -0.4 is 5.32 Å². The highest BCUT2D eigenvalue weighted by Crippen LogP contribution is 2.16. The monoisotopic (exact) mass is 235 g/mol. The lowest BCUT2D eigenvalue weighted by Crippen LogP contribution is -2.34. The largest absolute Gasteiger partial charge is 0.314 e. The van der Waals surface area contributed by atoms with Crippen molar-refractivity contribution in [3.63, 3.8) is 0 Å². The number of nitrogens with one attached hydrogen (secondary N) is 1. The van der Waals surface area contributed by atoms with E-state index in [0.29, 0.717) is 11.3 Å². The maximum atomic E-state index is 11.1. The van der Waals surface area contributed by atoms with Crippen molar-refractivity contribution in [1.29, 1.82) is 0 Å². The summed E-state index contributed by atoms with van der Waals surface area (Å²) in [4.78, 5) is 0. The molecule has 0 amide bonds. The summed E-state index contributed by atoms with van der Waals surface area (Å²) in [5.74, 6) is 2.60. The van der Waals surface area contributed by atoms with Crippen LogP contribution in [0.4, 0.5) is 0 Å². The summed E-state index contributed by atoms with van der Waals surface area (Å²) in [7, 11) is -0.661. The van der Waals surface area contributed by atoms with Crippen molar-refractivity contribution in [1.82, 2.24) is 5.32 Å². The molecule has 1 saturated heterocycles. The van der Waals surface area contributed by atoms with Gasteiger partial charge in [0.05, 0.1) is 0 Å². The maximum absolute atomic E-state index is 11.1. The Bertz CT molecular complexity index is 181. The lowest BCUT2D eigenvalue weighted by atomic mass is 10.1. The van der Waals surface area contributed by atoms with Gasteiger partial charge in [0.1, 0.15) is 0 Å². The van der Waals surface area contributed by atoms with E-state index in [1.54, 1.807) is 6.26 Å². The number of thioether (sulfide) groups is 1. The molecule has 0 saturated carbocycles. The average molecular weight is 235 g/mol. The number of hydrogen-bond acceptors (Lipinski definition) is 3. The molecular weight excluding hydrogens is 214 g/mol. The Morgan fingerprint density at radius 2 is 2.14 bits per heavy atom. The Morgan fingerprint density at radius 3 is 2.71 bits per heavy atom. The fourth-order valence-corrected chi connectivity index (χ4v) is 3.11. The Kier molecular flexibility index (Phi) is 6.13. The first-order valence-corrected chi connectivity index (χ1v) is 8.11. The van der Waals surface area contributed by atoms with Crippen LogP contribution in [0, 0.1) is 0 Å². The summed E-state index contributed by atoms with van der Waals surface area (Å²) in [6.45, 7) is 3.09. The third kappa shape index (κ3) is 4.80. The van der Waals surface area contributed by atoms with Gasteiger partial charge < -0.3 is 5.32 Å². The Hall–Kier alpha value is 0.460. The average Bonchev–Trinajstić information content (AvgIpc) is 2.19. The minimum atomic E-state index is -0.661. The van der Waals surface area contributed by atoms with Crippen LogP contribution in [-0.2, 0) is 10.8 Å². The fraction of sp³-hybridized carbons (Fsp3) is 1.00. The molecule has 1 N–H and O–H groups in total. The molecule has 0 aliphatic carbocycles. The summed E-state index contributed by atoms with van der Waals surface area (Å²) in [6.07, 6.45) is 5.43. The van der Waals surface area contributed by atoms with Crippen LogP contribution in [0.1, 0.15) is 26.2 Å². The first-order valence-electron chi connectivity index (χ1n) is 5.33. The molecule has 1 aliphatic rings. The van der Waals surface area contributed by atoms with Crippen molar-refractivity contribution >= 4 is 22.6 Å². The summed E-state index contributed by atoms with van der Waals surface area (Å²) < 4.78 is 11.1.